The van der Waals surface area contributed by atoms with Crippen LogP contribution in [-0.4, -0.2) is 16.9 Å². The molecule has 0 saturated heterocycles. The van der Waals surface area contributed by atoms with Gasteiger partial charge in [-0.2, -0.15) is 0 Å². The van der Waals surface area contributed by atoms with E-state index in [0.717, 1.165) is 19.3 Å². The van der Waals surface area contributed by atoms with Crippen molar-refractivity contribution in [3.8, 4) is 0 Å². The lowest BCUT2D eigenvalue weighted by molar-refractivity contribution is -0.121. The summed E-state index contributed by atoms with van der Waals surface area (Å²) in [6.45, 7) is 4.19. The standard InChI is InChI=1S/C12H24N2OS/c1-3-5-6-7-8-12(15)14-10(4-2)9-11(13)16/h10H,3-9H2,1-2H3,(H2,13,16)(H,14,15). The van der Waals surface area contributed by atoms with Crippen LogP contribution in [0.4, 0.5) is 0 Å². The number of nitrogens with one attached hydrogen (secondary N) is 1. The van der Waals surface area contributed by atoms with Gasteiger partial charge in [0.05, 0.1) is 4.99 Å². The van der Waals surface area contributed by atoms with Gasteiger partial charge in [-0.25, -0.2) is 0 Å². The predicted molar refractivity (Wildman–Crippen MR) is 72.4 cm³/mol. The maximum atomic E-state index is 11.6. The molecule has 94 valence electrons. The van der Waals surface area contributed by atoms with Crippen LogP contribution in [0.25, 0.3) is 0 Å². The van der Waals surface area contributed by atoms with Crippen LogP contribution in [0, 0.1) is 0 Å². The Balaban J connectivity index is 3.70. The molecular weight excluding hydrogens is 220 g/mol. The summed E-state index contributed by atoms with van der Waals surface area (Å²) in [5, 5.41) is 2.97. The average Bonchev–Trinajstić information content (AvgIpc) is 2.23. The van der Waals surface area contributed by atoms with Crippen LogP contribution in [0.5, 0.6) is 0 Å². The van der Waals surface area contributed by atoms with E-state index in [4.69, 9.17) is 18.0 Å². The second kappa shape index (κ2) is 9.58. The first kappa shape index (κ1) is 15.4. The molecule has 1 amide bonds. The van der Waals surface area contributed by atoms with Gasteiger partial charge in [-0.1, -0.05) is 45.3 Å². The Bertz CT molecular complexity index is 219. The zero-order valence-electron chi connectivity index (χ0n) is 10.4. The third kappa shape index (κ3) is 8.65. The van der Waals surface area contributed by atoms with E-state index in [2.05, 4.69) is 12.2 Å². The Hall–Kier alpha value is -0.640. The molecule has 3 N–H and O–H groups in total. The molecule has 0 aromatic carbocycles. The number of thiocarbonyl (C=S) groups is 1. The molecule has 0 spiro atoms. The lowest BCUT2D eigenvalue weighted by Crippen LogP contribution is -2.36. The SMILES string of the molecule is CCCCCCC(=O)NC(CC)CC(N)=S. The predicted octanol–water partition coefficient (Wildman–Crippen LogP) is 2.53. The van der Waals surface area contributed by atoms with Crippen LogP contribution < -0.4 is 11.1 Å². The van der Waals surface area contributed by atoms with Gasteiger partial charge in [-0.05, 0) is 12.8 Å². The van der Waals surface area contributed by atoms with Gasteiger partial charge in [0.25, 0.3) is 0 Å². The molecule has 1 atom stereocenters. The molecule has 0 saturated carbocycles. The van der Waals surface area contributed by atoms with E-state index in [0.29, 0.717) is 17.8 Å². The molecule has 3 nitrogen and oxygen atoms in total. The van der Waals surface area contributed by atoms with Crippen molar-refractivity contribution in [2.75, 3.05) is 0 Å². The summed E-state index contributed by atoms with van der Waals surface area (Å²) >= 11 is 4.84. The highest BCUT2D eigenvalue weighted by atomic mass is 32.1. The molecule has 4 heteroatoms. The normalized spacial score (nSPS) is 12.1. The van der Waals surface area contributed by atoms with Crippen LogP contribution in [-0.2, 0) is 4.79 Å². The monoisotopic (exact) mass is 244 g/mol. The summed E-state index contributed by atoms with van der Waals surface area (Å²) < 4.78 is 0. The Morgan fingerprint density at radius 2 is 2.00 bits per heavy atom. The van der Waals surface area contributed by atoms with E-state index in [9.17, 15) is 4.79 Å². The lowest BCUT2D eigenvalue weighted by atomic mass is 10.1. The maximum absolute atomic E-state index is 11.6. The summed E-state index contributed by atoms with van der Waals surface area (Å²) in [5.74, 6) is 0.124. The lowest BCUT2D eigenvalue weighted by Gasteiger charge is -2.16. The number of unbranched alkanes of at least 4 members (excludes halogenated alkanes) is 3. The van der Waals surface area contributed by atoms with E-state index in [1.807, 2.05) is 6.92 Å². The van der Waals surface area contributed by atoms with Crippen LogP contribution in [0.15, 0.2) is 0 Å². The largest absolute Gasteiger partial charge is 0.393 e. The molecule has 0 aliphatic carbocycles. The number of nitrogens with two attached hydrogens (primary N) is 1. The minimum atomic E-state index is 0.108. The number of rotatable bonds is 9. The first-order valence-corrected chi connectivity index (χ1v) is 6.58. The third-order valence-corrected chi connectivity index (χ3v) is 2.73. The summed E-state index contributed by atoms with van der Waals surface area (Å²) in [5.41, 5.74) is 5.46. The van der Waals surface area contributed by atoms with Crippen LogP contribution in [0.2, 0.25) is 0 Å². The van der Waals surface area contributed by atoms with Gasteiger partial charge in [0.1, 0.15) is 0 Å². The Morgan fingerprint density at radius 1 is 1.31 bits per heavy atom. The molecule has 0 rings (SSSR count). The molecule has 0 aliphatic heterocycles. The van der Waals surface area contributed by atoms with Crippen molar-refractivity contribution in [1.82, 2.24) is 5.32 Å². The van der Waals surface area contributed by atoms with Gasteiger partial charge in [0.15, 0.2) is 0 Å². The summed E-state index contributed by atoms with van der Waals surface area (Å²) in [4.78, 5) is 12.0. The molecule has 0 fully saturated rings. The summed E-state index contributed by atoms with van der Waals surface area (Å²) in [6.07, 6.45) is 6.61. The number of amides is 1. The molecular formula is C12H24N2OS. The van der Waals surface area contributed by atoms with Gasteiger partial charge >= 0.3 is 0 Å². The Kier molecular flexibility index (Phi) is 9.19. The molecule has 0 radical (unpaired) electrons. The molecule has 0 aromatic heterocycles. The van der Waals surface area contributed by atoms with Crippen LogP contribution >= 0.6 is 12.2 Å². The van der Waals surface area contributed by atoms with Crippen molar-refractivity contribution >= 4 is 23.1 Å². The van der Waals surface area contributed by atoms with E-state index >= 15 is 0 Å². The second-order valence-electron chi connectivity index (χ2n) is 4.15. The van der Waals surface area contributed by atoms with Crippen molar-refractivity contribution in [2.45, 2.75) is 64.8 Å². The quantitative estimate of drug-likeness (QED) is 0.484. The topological polar surface area (TPSA) is 55.1 Å². The molecule has 16 heavy (non-hydrogen) atoms. The van der Waals surface area contributed by atoms with Gasteiger partial charge < -0.3 is 11.1 Å². The fourth-order valence-electron chi connectivity index (χ4n) is 1.55. The average molecular weight is 244 g/mol. The molecule has 0 heterocycles. The maximum Gasteiger partial charge on any atom is 0.220 e. The van der Waals surface area contributed by atoms with E-state index < -0.39 is 0 Å². The number of hydrogen-bond acceptors (Lipinski definition) is 2. The van der Waals surface area contributed by atoms with Gasteiger partial charge in [-0.15, -0.1) is 0 Å². The van der Waals surface area contributed by atoms with Gasteiger partial charge in [0.2, 0.25) is 5.91 Å². The van der Waals surface area contributed by atoms with Crippen molar-refractivity contribution in [2.24, 2.45) is 5.73 Å². The highest BCUT2D eigenvalue weighted by Gasteiger charge is 2.10. The minimum absolute atomic E-state index is 0.108. The first-order valence-electron chi connectivity index (χ1n) is 6.17. The Labute approximate surface area is 104 Å². The number of carbonyl (C=O) groups excluding carboxylic acids is 1. The van der Waals surface area contributed by atoms with Gasteiger partial charge in [0, 0.05) is 18.9 Å². The van der Waals surface area contributed by atoms with Crippen molar-refractivity contribution in [3.05, 3.63) is 0 Å². The summed E-state index contributed by atoms with van der Waals surface area (Å²) in [7, 11) is 0. The van der Waals surface area contributed by atoms with Crippen LogP contribution in [0.3, 0.4) is 0 Å². The molecule has 0 aliphatic rings. The smallest absolute Gasteiger partial charge is 0.220 e. The number of carbonyl (C=O) groups is 1. The zero-order chi connectivity index (χ0) is 12.4. The second-order valence-corrected chi connectivity index (χ2v) is 4.68. The first-order chi connectivity index (χ1) is 7.60. The highest BCUT2D eigenvalue weighted by Crippen LogP contribution is 2.04. The van der Waals surface area contributed by atoms with E-state index in [-0.39, 0.29) is 11.9 Å². The third-order valence-electron chi connectivity index (χ3n) is 2.56. The van der Waals surface area contributed by atoms with Crippen molar-refractivity contribution < 1.29 is 4.79 Å². The van der Waals surface area contributed by atoms with E-state index in [1.54, 1.807) is 0 Å². The van der Waals surface area contributed by atoms with Crippen molar-refractivity contribution in [3.63, 3.8) is 0 Å². The molecule has 1 unspecified atom stereocenters. The summed E-state index contributed by atoms with van der Waals surface area (Å²) in [6, 6.07) is 0.108. The van der Waals surface area contributed by atoms with E-state index in [1.165, 1.54) is 12.8 Å². The fourth-order valence-corrected chi connectivity index (χ4v) is 1.75. The fraction of sp³-hybridized carbons (Fsp3) is 0.833. The minimum Gasteiger partial charge on any atom is -0.393 e. The Morgan fingerprint density at radius 3 is 2.50 bits per heavy atom. The van der Waals surface area contributed by atoms with Crippen molar-refractivity contribution in [1.29, 1.82) is 0 Å². The molecule has 0 aromatic rings. The zero-order valence-corrected chi connectivity index (χ0v) is 11.2. The van der Waals surface area contributed by atoms with Crippen LogP contribution in [0.1, 0.15) is 58.8 Å². The van der Waals surface area contributed by atoms with Gasteiger partial charge in [-0.3, -0.25) is 4.79 Å². The molecule has 0 bridgehead atoms. The highest BCUT2D eigenvalue weighted by molar-refractivity contribution is 7.80. The number of hydrogen-bond donors (Lipinski definition) is 2.